The van der Waals surface area contributed by atoms with E-state index >= 15 is 0 Å². The third-order valence-corrected chi connectivity index (χ3v) is 2.29. The number of carbonyl (C=O) groups is 1. The molecule has 1 aliphatic rings. The van der Waals surface area contributed by atoms with Gasteiger partial charge in [0.15, 0.2) is 6.29 Å². The van der Waals surface area contributed by atoms with Gasteiger partial charge in [0.25, 0.3) is 0 Å². The minimum Gasteiger partial charge on any atom is -0.461 e. The van der Waals surface area contributed by atoms with E-state index in [1.807, 2.05) is 18.2 Å². The molecule has 1 unspecified atom stereocenters. The van der Waals surface area contributed by atoms with Crippen molar-refractivity contribution in [3.05, 3.63) is 21.8 Å². The Morgan fingerprint density at radius 3 is 3.17 bits per heavy atom. The van der Waals surface area contributed by atoms with Gasteiger partial charge in [0.1, 0.15) is 5.75 Å². The van der Waals surface area contributed by atoms with Crippen LogP contribution in [0.15, 0.2) is 18.2 Å². The summed E-state index contributed by atoms with van der Waals surface area (Å²) < 4.78 is 6.35. The van der Waals surface area contributed by atoms with Gasteiger partial charge < -0.3 is 10.1 Å². The highest BCUT2D eigenvalue weighted by molar-refractivity contribution is 14.1. The van der Waals surface area contributed by atoms with E-state index in [1.165, 1.54) is 0 Å². The van der Waals surface area contributed by atoms with Crippen molar-refractivity contribution in [1.82, 2.24) is 0 Å². The average molecular weight is 275 g/mol. The zero-order valence-corrected chi connectivity index (χ0v) is 8.24. The molecule has 62 valence electrons. The van der Waals surface area contributed by atoms with E-state index in [0.29, 0.717) is 0 Å². The van der Waals surface area contributed by atoms with Crippen LogP contribution in [0.4, 0.5) is 5.69 Å². The lowest BCUT2D eigenvalue weighted by molar-refractivity contribution is -0.112. The van der Waals surface area contributed by atoms with E-state index in [-0.39, 0.29) is 0 Å². The molecule has 2 rings (SSSR count). The number of ether oxygens (including phenoxy) is 1. The molecule has 12 heavy (non-hydrogen) atoms. The largest absolute Gasteiger partial charge is 0.461 e. The second-order valence-corrected chi connectivity index (χ2v) is 3.70. The number of aldehydes is 1. The van der Waals surface area contributed by atoms with E-state index in [4.69, 9.17) is 4.74 Å². The zero-order valence-electron chi connectivity index (χ0n) is 6.08. The van der Waals surface area contributed by atoms with E-state index in [2.05, 4.69) is 27.9 Å². The molecule has 0 saturated carbocycles. The van der Waals surface area contributed by atoms with E-state index in [9.17, 15) is 4.79 Å². The summed E-state index contributed by atoms with van der Waals surface area (Å²) >= 11 is 2.20. The predicted molar refractivity (Wildman–Crippen MR) is 53.3 cm³/mol. The molecule has 1 atom stereocenters. The van der Waals surface area contributed by atoms with Gasteiger partial charge in [0, 0.05) is 3.57 Å². The monoisotopic (exact) mass is 275 g/mol. The standard InChI is InChI=1S/C8H6INO2/c9-5-1-2-6-7(3-5)12-8(4-11)10-6/h1-4,8,10H. The Morgan fingerprint density at radius 2 is 2.42 bits per heavy atom. The van der Waals surface area contributed by atoms with Crippen LogP contribution < -0.4 is 10.1 Å². The van der Waals surface area contributed by atoms with Crippen LogP contribution in [-0.2, 0) is 4.79 Å². The number of halogens is 1. The van der Waals surface area contributed by atoms with Crippen molar-refractivity contribution in [3.8, 4) is 5.75 Å². The SMILES string of the molecule is O=CC1Nc2ccc(I)cc2O1. The number of hydrogen-bond donors (Lipinski definition) is 1. The lowest BCUT2D eigenvalue weighted by Gasteiger charge is -1.99. The van der Waals surface area contributed by atoms with Crippen molar-refractivity contribution in [2.24, 2.45) is 0 Å². The van der Waals surface area contributed by atoms with Crippen LogP contribution in [-0.4, -0.2) is 12.5 Å². The number of carbonyl (C=O) groups excluding carboxylic acids is 1. The third-order valence-electron chi connectivity index (χ3n) is 1.62. The molecule has 0 fully saturated rings. The summed E-state index contributed by atoms with van der Waals surface area (Å²) in [6, 6.07) is 5.76. The highest BCUT2D eigenvalue weighted by Gasteiger charge is 2.20. The Hall–Kier alpha value is -0.780. The van der Waals surface area contributed by atoms with Gasteiger partial charge in [-0.1, -0.05) is 0 Å². The van der Waals surface area contributed by atoms with Gasteiger partial charge in [-0.05, 0) is 40.8 Å². The molecule has 0 aliphatic carbocycles. The number of anilines is 1. The Labute approximate surface area is 83.2 Å². The van der Waals surface area contributed by atoms with Gasteiger partial charge in [0.05, 0.1) is 5.69 Å². The van der Waals surface area contributed by atoms with Crippen LogP contribution in [0.5, 0.6) is 5.75 Å². The molecule has 1 heterocycles. The minimum atomic E-state index is -0.516. The molecule has 0 saturated heterocycles. The summed E-state index contributed by atoms with van der Waals surface area (Å²) in [5.74, 6) is 0.749. The number of fused-ring (bicyclic) bond motifs is 1. The summed E-state index contributed by atoms with van der Waals surface area (Å²) in [6.07, 6.45) is 0.227. The van der Waals surface area contributed by atoms with Crippen molar-refractivity contribution >= 4 is 34.6 Å². The maximum absolute atomic E-state index is 10.4. The van der Waals surface area contributed by atoms with E-state index < -0.39 is 6.23 Å². The first-order valence-corrected chi connectivity index (χ1v) is 4.55. The highest BCUT2D eigenvalue weighted by Crippen LogP contribution is 2.32. The summed E-state index contributed by atoms with van der Waals surface area (Å²) in [7, 11) is 0. The third kappa shape index (κ3) is 1.26. The maximum Gasteiger partial charge on any atom is 0.226 e. The van der Waals surface area contributed by atoms with Crippen molar-refractivity contribution < 1.29 is 9.53 Å². The topological polar surface area (TPSA) is 38.3 Å². The fourth-order valence-electron chi connectivity index (χ4n) is 1.09. The minimum absolute atomic E-state index is 0.516. The van der Waals surface area contributed by atoms with Crippen molar-refractivity contribution in [3.63, 3.8) is 0 Å². The van der Waals surface area contributed by atoms with Gasteiger partial charge in [0.2, 0.25) is 6.23 Å². The summed E-state index contributed by atoms with van der Waals surface area (Å²) in [4.78, 5) is 10.4. The molecule has 1 aromatic rings. The van der Waals surface area contributed by atoms with Crippen LogP contribution in [0.3, 0.4) is 0 Å². The molecular weight excluding hydrogens is 269 g/mol. The smallest absolute Gasteiger partial charge is 0.226 e. The van der Waals surface area contributed by atoms with Gasteiger partial charge >= 0.3 is 0 Å². The molecule has 1 N–H and O–H groups in total. The van der Waals surface area contributed by atoms with Gasteiger partial charge in [-0.25, -0.2) is 0 Å². The highest BCUT2D eigenvalue weighted by atomic mass is 127. The first-order valence-electron chi connectivity index (χ1n) is 3.47. The summed E-state index contributed by atoms with van der Waals surface area (Å²) in [5.41, 5.74) is 0.882. The van der Waals surface area contributed by atoms with Gasteiger partial charge in [-0.3, -0.25) is 4.79 Å². The van der Waals surface area contributed by atoms with Crippen molar-refractivity contribution in [2.75, 3.05) is 5.32 Å². The number of rotatable bonds is 1. The lowest BCUT2D eigenvalue weighted by atomic mass is 10.3. The molecule has 4 heteroatoms. The molecule has 0 bridgehead atoms. The number of benzene rings is 1. The first-order chi connectivity index (χ1) is 5.79. The first kappa shape index (κ1) is 7.85. The zero-order chi connectivity index (χ0) is 8.55. The number of hydrogen-bond acceptors (Lipinski definition) is 3. The molecule has 1 aromatic carbocycles. The van der Waals surface area contributed by atoms with E-state index in [1.54, 1.807) is 0 Å². The van der Waals surface area contributed by atoms with Crippen LogP contribution in [0.1, 0.15) is 0 Å². The molecule has 1 aliphatic heterocycles. The van der Waals surface area contributed by atoms with Crippen LogP contribution in [0, 0.1) is 3.57 Å². The quantitative estimate of drug-likeness (QED) is 0.625. The number of nitrogens with one attached hydrogen (secondary N) is 1. The molecular formula is C8H6INO2. The summed E-state index contributed by atoms with van der Waals surface area (Å²) in [5, 5.41) is 2.92. The molecule has 0 radical (unpaired) electrons. The summed E-state index contributed by atoms with van der Waals surface area (Å²) in [6.45, 7) is 0. The van der Waals surface area contributed by atoms with Crippen LogP contribution >= 0.6 is 22.6 Å². The Morgan fingerprint density at radius 1 is 1.58 bits per heavy atom. The predicted octanol–water partition coefficient (Wildman–Crippen LogP) is 1.62. The molecule has 0 amide bonds. The second-order valence-electron chi connectivity index (χ2n) is 2.46. The van der Waals surface area contributed by atoms with Crippen molar-refractivity contribution in [1.29, 1.82) is 0 Å². The molecule has 3 nitrogen and oxygen atoms in total. The second kappa shape index (κ2) is 2.93. The molecule has 0 spiro atoms. The maximum atomic E-state index is 10.4. The lowest BCUT2D eigenvalue weighted by Crippen LogP contribution is -2.20. The normalized spacial score (nSPS) is 19.2. The fourth-order valence-corrected chi connectivity index (χ4v) is 1.56. The van der Waals surface area contributed by atoms with E-state index in [0.717, 1.165) is 21.3 Å². The van der Waals surface area contributed by atoms with Gasteiger partial charge in [-0.15, -0.1) is 0 Å². The fraction of sp³-hybridized carbons (Fsp3) is 0.125. The van der Waals surface area contributed by atoms with Crippen LogP contribution in [0.25, 0.3) is 0 Å². The van der Waals surface area contributed by atoms with Crippen LogP contribution in [0.2, 0.25) is 0 Å². The Kier molecular flexibility index (Phi) is 1.92. The van der Waals surface area contributed by atoms with Crippen molar-refractivity contribution in [2.45, 2.75) is 6.23 Å². The Bertz CT molecular complexity index is 327. The average Bonchev–Trinajstić information content (AvgIpc) is 2.46. The Balaban J connectivity index is 2.35. The van der Waals surface area contributed by atoms with Gasteiger partial charge in [-0.2, -0.15) is 0 Å². The molecule has 0 aromatic heterocycles.